The van der Waals surface area contributed by atoms with Gasteiger partial charge in [-0.2, -0.15) is 0 Å². The van der Waals surface area contributed by atoms with Gasteiger partial charge in [-0.1, -0.05) is 51.5 Å². The Bertz CT molecular complexity index is 1680. The zero-order valence-electron chi connectivity index (χ0n) is 35.2. The fourth-order valence-corrected chi connectivity index (χ4v) is 15.3. The monoisotopic (exact) mass is 754 g/mol. The van der Waals surface area contributed by atoms with Crippen LogP contribution in [0.4, 0.5) is 4.79 Å². The highest BCUT2D eigenvalue weighted by Crippen LogP contribution is 2.71. The van der Waals surface area contributed by atoms with Gasteiger partial charge in [-0.25, -0.2) is 9.59 Å². The maximum Gasteiger partial charge on any atom is 0.410 e. The Balaban J connectivity index is 0.00000138. The number of nitrogens with zero attached hydrogens (tertiary/aromatic N) is 2. The van der Waals surface area contributed by atoms with Crippen LogP contribution in [-0.4, -0.2) is 76.4 Å². The van der Waals surface area contributed by atoms with Gasteiger partial charge in [-0.15, -0.1) is 6.58 Å². The predicted octanol–water partition coefficient (Wildman–Crippen LogP) is 10.1. The third-order valence-electron chi connectivity index (χ3n) is 17.5. The first-order valence-electron chi connectivity index (χ1n) is 22.2. The molecule has 1 aromatic rings. The van der Waals surface area contributed by atoms with Crippen LogP contribution in [0.15, 0.2) is 43.0 Å². The SMILES string of the molecule is C=CC.CC1C(c2ccc(C(=O)O)cc2)=CCC2(C)C1CCC1(C)C3CCC4(NCCN5CC6N(C(=O)OC(C)(C)C)C7CCC76C5)CCC[C@@H]4C3CCC21. The number of fused-ring (bicyclic) bond motifs is 7. The molecule has 8 aliphatic rings. The maximum absolute atomic E-state index is 13.1. The van der Waals surface area contributed by atoms with E-state index in [4.69, 9.17) is 4.74 Å². The number of hydrogen-bond acceptors (Lipinski definition) is 5. The van der Waals surface area contributed by atoms with Crippen molar-refractivity contribution in [1.82, 2.24) is 15.1 Å². The molecular formula is C48H71N3O4. The molecule has 0 bridgehead atoms. The number of ether oxygens (including phenoxy) is 1. The number of carboxylic acid groups (broad SMARTS) is 1. The van der Waals surface area contributed by atoms with Crippen molar-refractivity contribution in [1.29, 1.82) is 0 Å². The third-order valence-corrected chi connectivity index (χ3v) is 17.5. The van der Waals surface area contributed by atoms with Crippen molar-refractivity contribution in [2.45, 2.75) is 149 Å². The Kier molecular flexibility index (Phi) is 10.00. The second-order valence-corrected chi connectivity index (χ2v) is 21.0. The first-order chi connectivity index (χ1) is 26.1. The Morgan fingerprint density at radius 3 is 2.35 bits per heavy atom. The fraction of sp³-hybridized carbons (Fsp3) is 0.750. The van der Waals surface area contributed by atoms with Gasteiger partial charge in [0.05, 0.1) is 11.6 Å². The molecule has 7 fully saturated rings. The van der Waals surface area contributed by atoms with E-state index in [-0.39, 0.29) is 6.09 Å². The summed E-state index contributed by atoms with van der Waals surface area (Å²) in [6.45, 7) is 23.3. The Morgan fingerprint density at radius 1 is 0.945 bits per heavy atom. The Morgan fingerprint density at radius 2 is 1.67 bits per heavy atom. The number of amides is 1. The van der Waals surface area contributed by atoms with Crippen molar-refractivity contribution in [2.24, 2.45) is 51.8 Å². The zero-order chi connectivity index (χ0) is 39.1. The van der Waals surface area contributed by atoms with Crippen LogP contribution in [0.1, 0.15) is 141 Å². The molecule has 2 heterocycles. The number of piperidine rings is 1. The van der Waals surface area contributed by atoms with Crippen molar-refractivity contribution >= 4 is 17.6 Å². The third kappa shape index (κ3) is 6.17. The average Bonchev–Trinajstić information content (AvgIpc) is 3.72. The summed E-state index contributed by atoms with van der Waals surface area (Å²) >= 11 is 0. The highest BCUT2D eigenvalue weighted by Gasteiger charge is 2.71. The molecule has 0 radical (unpaired) electrons. The molecule has 5 saturated carbocycles. The van der Waals surface area contributed by atoms with Crippen LogP contribution in [0.5, 0.6) is 0 Å². The van der Waals surface area contributed by atoms with Crippen molar-refractivity contribution in [3.63, 3.8) is 0 Å². The normalized spacial score (nSPS) is 42.6. The van der Waals surface area contributed by atoms with Crippen LogP contribution >= 0.6 is 0 Å². The first-order valence-corrected chi connectivity index (χ1v) is 22.2. The minimum Gasteiger partial charge on any atom is -0.478 e. The second-order valence-electron chi connectivity index (χ2n) is 21.0. The lowest BCUT2D eigenvalue weighted by atomic mass is 9.38. The summed E-state index contributed by atoms with van der Waals surface area (Å²) < 4.78 is 5.83. The molecule has 1 amide bonds. The van der Waals surface area contributed by atoms with Crippen molar-refractivity contribution in [3.05, 3.63) is 54.1 Å². The van der Waals surface area contributed by atoms with Crippen LogP contribution < -0.4 is 5.32 Å². The summed E-state index contributed by atoms with van der Waals surface area (Å²) in [5.74, 6) is 3.61. The lowest BCUT2D eigenvalue weighted by Crippen LogP contribution is -2.77. The molecule has 2 N–H and O–H groups in total. The first kappa shape index (κ1) is 39.2. The maximum atomic E-state index is 13.1. The van der Waals surface area contributed by atoms with Gasteiger partial charge in [0.1, 0.15) is 5.60 Å². The summed E-state index contributed by atoms with van der Waals surface area (Å²) in [7, 11) is 0. The number of carbonyl (C=O) groups excluding carboxylic acids is 1. The van der Waals surface area contributed by atoms with Gasteiger partial charge in [0.2, 0.25) is 0 Å². The van der Waals surface area contributed by atoms with Crippen molar-refractivity contribution in [3.8, 4) is 0 Å². The standard InChI is InChI=1S/C45H65N3O4.C3H6/c1-28-31(29-9-11-30(12-10-29)39(49)50)15-20-42(5)33(28)16-21-43(6)34-17-23-45(19-7-8-35(45)32(34)13-14-36(42)43)46-24-25-47-26-38-44(27-47)22-18-37(44)48(38)40(51)52-41(2,3)4;1-3-2/h9-12,15,28,32-38,46H,7-8,13-14,16-27H2,1-6H3,(H,49,50);3H,1H2,2H3/t28?,32?,33?,34?,35-,36?,37?,38?,42?,43?,44?,45?;/m1./s1. The molecule has 7 nitrogen and oxygen atoms in total. The largest absolute Gasteiger partial charge is 0.478 e. The van der Waals surface area contributed by atoms with E-state index in [9.17, 15) is 14.7 Å². The van der Waals surface area contributed by atoms with Gasteiger partial charge >= 0.3 is 12.1 Å². The number of allylic oxidation sites excluding steroid dienone is 3. The number of carbonyl (C=O) groups is 2. The molecule has 9 rings (SSSR count). The summed E-state index contributed by atoms with van der Waals surface area (Å²) in [4.78, 5) is 29.4. The quantitative estimate of drug-likeness (QED) is 0.282. The van der Waals surface area contributed by atoms with Gasteiger partial charge < -0.3 is 15.2 Å². The number of aromatic carboxylic acids is 1. The molecule has 55 heavy (non-hydrogen) atoms. The number of hydrogen-bond donors (Lipinski definition) is 2. The molecule has 7 heteroatoms. The zero-order valence-corrected chi connectivity index (χ0v) is 35.2. The Labute approximate surface area is 332 Å². The average molecular weight is 754 g/mol. The van der Waals surface area contributed by atoms with Crippen LogP contribution in [-0.2, 0) is 4.74 Å². The van der Waals surface area contributed by atoms with Gasteiger partial charge in [0, 0.05) is 43.2 Å². The molecule has 12 atom stereocenters. The topological polar surface area (TPSA) is 82.1 Å². The van der Waals surface area contributed by atoms with Crippen LogP contribution in [0.2, 0.25) is 0 Å². The highest BCUT2D eigenvalue weighted by molar-refractivity contribution is 5.88. The summed E-state index contributed by atoms with van der Waals surface area (Å²) in [5.41, 5.74) is 3.97. The second kappa shape index (κ2) is 14.0. The van der Waals surface area contributed by atoms with E-state index in [1.165, 1.54) is 75.3 Å². The van der Waals surface area contributed by atoms with E-state index in [1.54, 1.807) is 18.2 Å². The molecule has 2 aliphatic heterocycles. The number of benzene rings is 1. The van der Waals surface area contributed by atoms with E-state index in [1.807, 2.05) is 39.8 Å². The minimum atomic E-state index is -0.852. The van der Waals surface area contributed by atoms with E-state index in [0.29, 0.717) is 51.3 Å². The molecule has 2 saturated heterocycles. The Hall–Kier alpha value is -2.64. The van der Waals surface area contributed by atoms with Crippen LogP contribution in [0.25, 0.3) is 5.57 Å². The van der Waals surface area contributed by atoms with Crippen molar-refractivity contribution in [2.75, 3.05) is 26.2 Å². The van der Waals surface area contributed by atoms with Crippen molar-refractivity contribution < 1.29 is 19.4 Å². The molecule has 6 aliphatic carbocycles. The molecule has 0 aromatic heterocycles. The molecular weight excluding hydrogens is 683 g/mol. The lowest BCUT2D eigenvalue weighted by Gasteiger charge is -2.67. The highest BCUT2D eigenvalue weighted by atomic mass is 16.6. The number of nitrogens with one attached hydrogen (secondary N) is 1. The van der Waals surface area contributed by atoms with Crippen LogP contribution in [0, 0.1) is 51.8 Å². The summed E-state index contributed by atoms with van der Waals surface area (Å²) in [6, 6.07) is 8.35. The molecule has 1 aromatic carbocycles. The molecule has 1 spiro atoms. The number of rotatable bonds is 6. The lowest BCUT2D eigenvalue weighted by molar-refractivity contribution is -0.165. The van der Waals surface area contributed by atoms with E-state index < -0.39 is 11.6 Å². The summed E-state index contributed by atoms with van der Waals surface area (Å²) in [6.07, 6.45) is 20.1. The van der Waals surface area contributed by atoms with E-state index in [0.717, 1.165) is 62.7 Å². The van der Waals surface area contributed by atoms with Gasteiger partial charge in [-0.3, -0.25) is 9.80 Å². The number of carboxylic acids is 1. The molecule has 302 valence electrons. The fourth-order valence-electron chi connectivity index (χ4n) is 15.3. The predicted molar refractivity (Wildman–Crippen MR) is 221 cm³/mol. The van der Waals surface area contributed by atoms with Gasteiger partial charge in [-0.05, 0) is 168 Å². The molecule has 11 unspecified atom stereocenters. The smallest absolute Gasteiger partial charge is 0.410 e. The minimum absolute atomic E-state index is 0.0999. The van der Waals surface area contributed by atoms with E-state index in [2.05, 4.69) is 48.5 Å². The van der Waals surface area contributed by atoms with E-state index >= 15 is 0 Å². The summed E-state index contributed by atoms with van der Waals surface area (Å²) in [5, 5.41) is 13.7. The van der Waals surface area contributed by atoms with Crippen LogP contribution in [0.3, 0.4) is 0 Å². The number of likely N-dealkylation sites (tertiary alicyclic amines) is 2. The van der Waals surface area contributed by atoms with Gasteiger partial charge in [0.25, 0.3) is 0 Å². The van der Waals surface area contributed by atoms with Gasteiger partial charge in [0.15, 0.2) is 0 Å².